The van der Waals surface area contributed by atoms with E-state index in [9.17, 15) is 14.4 Å². The van der Waals surface area contributed by atoms with Crippen molar-refractivity contribution in [3.05, 3.63) is 0 Å². The van der Waals surface area contributed by atoms with Gasteiger partial charge in [0.1, 0.15) is 6.54 Å². The Morgan fingerprint density at radius 2 is 1.73 bits per heavy atom. The largest absolute Gasteiger partial charge is 0.339 e. The van der Waals surface area contributed by atoms with Gasteiger partial charge in [0.15, 0.2) is 0 Å². The minimum Gasteiger partial charge on any atom is -0.339 e. The second-order valence-corrected chi connectivity index (χ2v) is 7.72. The average Bonchev–Trinajstić information content (AvgIpc) is 2.77. The maximum absolute atomic E-state index is 12.6. The van der Waals surface area contributed by atoms with Crippen molar-refractivity contribution in [2.24, 2.45) is 0 Å². The number of hydrogen-bond donors (Lipinski definition) is 0. The second kappa shape index (κ2) is 9.90. The van der Waals surface area contributed by atoms with Crippen molar-refractivity contribution >= 4 is 17.8 Å². The Morgan fingerprint density at radius 3 is 2.27 bits per heavy atom. The first-order valence-corrected chi connectivity index (χ1v) is 9.97. The molecule has 148 valence electrons. The van der Waals surface area contributed by atoms with Crippen LogP contribution in [0, 0.1) is 0 Å². The van der Waals surface area contributed by atoms with Crippen LogP contribution in [0.1, 0.15) is 52.4 Å². The molecule has 0 radical (unpaired) electrons. The maximum atomic E-state index is 12.6. The van der Waals surface area contributed by atoms with Crippen LogP contribution in [0.15, 0.2) is 0 Å². The molecular weight excluding hydrogens is 332 g/mol. The number of likely N-dealkylation sites (N-methyl/N-ethyl adjacent to an activating group) is 1. The zero-order chi connectivity index (χ0) is 19.1. The number of amides is 4. The molecule has 0 spiro atoms. The summed E-state index contributed by atoms with van der Waals surface area (Å²) in [6, 6.07) is -0.0972. The third-order valence-electron chi connectivity index (χ3n) is 5.30. The summed E-state index contributed by atoms with van der Waals surface area (Å²) < 4.78 is 0. The fraction of sp³-hybridized carbons (Fsp3) is 0.842. The minimum absolute atomic E-state index is 0.113. The van der Waals surface area contributed by atoms with Gasteiger partial charge in [-0.1, -0.05) is 12.8 Å². The maximum Gasteiger partial charge on any atom is 0.326 e. The van der Waals surface area contributed by atoms with E-state index in [1.165, 1.54) is 35.5 Å². The van der Waals surface area contributed by atoms with E-state index in [1.54, 1.807) is 7.05 Å². The van der Waals surface area contributed by atoms with Crippen molar-refractivity contribution in [3.8, 4) is 0 Å². The van der Waals surface area contributed by atoms with Crippen LogP contribution in [-0.2, 0) is 9.59 Å². The fourth-order valence-corrected chi connectivity index (χ4v) is 3.70. The minimum atomic E-state index is -0.260. The van der Waals surface area contributed by atoms with Crippen LogP contribution in [0.4, 0.5) is 4.79 Å². The molecule has 0 aromatic rings. The lowest BCUT2D eigenvalue weighted by Gasteiger charge is -2.30. The molecule has 0 N–H and O–H groups in total. The number of carbonyl (C=O) groups excluding carboxylic acids is 3. The van der Waals surface area contributed by atoms with Gasteiger partial charge in [-0.15, -0.1) is 0 Å². The van der Waals surface area contributed by atoms with Crippen molar-refractivity contribution in [3.63, 3.8) is 0 Å². The lowest BCUT2D eigenvalue weighted by atomic mass is 10.2. The van der Waals surface area contributed by atoms with E-state index in [-0.39, 0.29) is 30.4 Å². The molecule has 0 aromatic heterocycles. The summed E-state index contributed by atoms with van der Waals surface area (Å²) in [6.07, 6.45) is 6.03. The highest BCUT2D eigenvalue weighted by atomic mass is 16.2. The van der Waals surface area contributed by atoms with Crippen molar-refractivity contribution in [1.82, 2.24) is 19.6 Å². The molecule has 0 saturated carbocycles. The van der Waals surface area contributed by atoms with E-state index in [1.807, 2.05) is 18.7 Å². The zero-order valence-corrected chi connectivity index (χ0v) is 16.6. The van der Waals surface area contributed by atoms with E-state index in [4.69, 9.17) is 0 Å². The summed E-state index contributed by atoms with van der Waals surface area (Å²) in [5.41, 5.74) is 0. The van der Waals surface area contributed by atoms with Crippen LogP contribution < -0.4 is 0 Å². The summed E-state index contributed by atoms with van der Waals surface area (Å²) in [5.74, 6) is -0.0610. The van der Waals surface area contributed by atoms with Gasteiger partial charge in [0.2, 0.25) is 11.8 Å². The number of nitrogens with zero attached hydrogens (tertiary/aromatic N) is 4. The lowest BCUT2D eigenvalue weighted by molar-refractivity contribution is -0.133. The van der Waals surface area contributed by atoms with Gasteiger partial charge in [-0.3, -0.25) is 14.5 Å². The molecule has 2 heterocycles. The van der Waals surface area contributed by atoms with Gasteiger partial charge in [-0.2, -0.15) is 0 Å². The highest BCUT2D eigenvalue weighted by Gasteiger charge is 2.33. The van der Waals surface area contributed by atoms with Crippen LogP contribution in [-0.4, -0.2) is 89.8 Å². The van der Waals surface area contributed by atoms with Crippen LogP contribution >= 0.6 is 0 Å². The summed E-state index contributed by atoms with van der Waals surface area (Å²) in [4.78, 5) is 43.3. The molecule has 7 heteroatoms. The van der Waals surface area contributed by atoms with Gasteiger partial charge in [0.05, 0.1) is 0 Å². The van der Waals surface area contributed by atoms with Crippen molar-refractivity contribution in [2.45, 2.75) is 58.4 Å². The van der Waals surface area contributed by atoms with E-state index >= 15 is 0 Å². The number of urea groups is 1. The molecule has 0 unspecified atom stereocenters. The Balaban J connectivity index is 1.76. The highest BCUT2D eigenvalue weighted by Crippen LogP contribution is 2.12. The van der Waals surface area contributed by atoms with Gasteiger partial charge in [-0.25, -0.2) is 4.79 Å². The van der Waals surface area contributed by atoms with Gasteiger partial charge in [0.25, 0.3) is 0 Å². The van der Waals surface area contributed by atoms with Crippen LogP contribution in [0.2, 0.25) is 0 Å². The number of rotatable bonds is 8. The van der Waals surface area contributed by atoms with Gasteiger partial charge < -0.3 is 14.7 Å². The summed E-state index contributed by atoms with van der Waals surface area (Å²) in [7, 11) is 1.62. The van der Waals surface area contributed by atoms with E-state index in [2.05, 4.69) is 4.90 Å². The van der Waals surface area contributed by atoms with Crippen molar-refractivity contribution in [2.75, 3.05) is 46.3 Å². The topological polar surface area (TPSA) is 64.2 Å². The van der Waals surface area contributed by atoms with Crippen LogP contribution in [0.5, 0.6) is 0 Å². The van der Waals surface area contributed by atoms with Crippen molar-refractivity contribution in [1.29, 1.82) is 0 Å². The molecule has 7 nitrogen and oxygen atoms in total. The number of carbonyl (C=O) groups is 3. The Morgan fingerprint density at radius 1 is 1.08 bits per heavy atom. The van der Waals surface area contributed by atoms with Crippen molar-refractivity contribution < 1.29 is 14.4 Å². The Hall–Kier alpha value is -1.63. The predicted molar refractivity (Wildman–Crippen MR) is 101 cm³/mol. The van der Waals surface area contributed by atoms with Gasteiger partial charge in [-0.05, 0) is 46.2 Å². The average molecular weight is 367 g/mol. The third kappa shape index (κ3) is 5.69. The van der Waals surface area contributed by atoms with E-state index in [0.717, 1.165) is 26.2 Å². The highest BCUT2D eigenvalue weighted by molar-refractivity contribution is 6.01. The molecular formula is C19H34N4O3. The number of hydrogen-bond acceptors (Lipinski definition) is 4. The molecule has 0 bridgehead atoms. The first-order chi connectivity index (χ1) is 12.4. The monoisotopic (exact) mass is 366 g/mol. The Labute approximate surface area is 157 Å². The quantitative estimate of drug-likeness (QED) is 0.614. The molecule has 0 atom stereocenters. The fourth-order valence-electron chi connectivity index (χ4n) is 3.70. The molecule has 4 amide bonds. The Bertz CT molecular complexity index is 501. The molecule has 2 rings (SSSR count). The zero-order valence-electron chi connectivity index (χ0n) is 16.6. The molecule has 2 aliphatic rings. The molecule has 26 heavy (non-hydrogen) atoms. The molecule has 2 fully saturated rings. The number of likely N-dealkylation sites (tertiary alicyclic amines) is 1. The van der Waals surface area contributed by atoms with Crippen LogP contribution in [0.25, 0.3) is 0 Å². The number of imide groups is 1. The second-order valence-electron chi connectivity index (χ2n) is 7.72. The standard InChI is InChI=1S/C19H34N4O3/c1-16(2)22(14-13-21-10-6-4-5-7-11-21)17(24)9-8-12-23-18(25)15-20(3)19(23)26/h16H,4-15H2,1-3H3. The van der Waals surface area contributed by atoms with Gasteiger partial charge in [0, 0.05) is 39.1 Å². The first kappa shape index (κ1) is 20.7. The SMILES string of the molecule is CC(C)N(CCN1CCCCCC1)C(=O)CCCN1C(=O)CN(C)C1=O. The summed E-state index contributed by atoms with van der Waals surface area (Å²) >= 11 is 0. The lowest BCUT2D eigenvalue weighted by Crippen LogP contribution is -2.43. The molecule has 2 aliphatic heterocycles. The van der Waals surface area contributed by atoms with Crippen LogP contribution in [0.3, 0.4) is 0 Å². The van der Waals surface area contributed by atoms with E-state index in [0.29, 0.717) is 19.4 Å². The third-order valence-corrected chi connectivity index (χ3v) is 5.30. The summed E-state index contributed by atoms with van der Waals surface area (Å²) in [5, 5.41) is 0. The van der Waals surface area contributed by atoms with E-state index < -0.39 is 0 Å². The predicted octanol–water partition coefficient (Wildman–Crippen LogP) is 1.77. The van der Waals surface area contributed by atoms with Gasteiger partial charge >= 0.3 is 6.03 Å². The normalized spacial score (nSPS) is 19.4. The molecule has 2 saturated heterocycles. The molecule has 0 aliphatic carbocycles. The first-order valence-electron chi connectivity index (χ1n) is 9.97. The smallest absolute Gasteiger partial charge is 0.326 e. The molecule has 0 aromatic carbocycles. The summed E-state index contributed by atoms with van der Waals surface area (Å²) in [6.45, 7) is 8.50. The Kier molecular flexibility index (Phi) is 7.87.